The van der Waals surface area contributed by atoms with Crippen molar-refractivity contribution >= 4 is 16.9 Å². The zero-order valence-electron chi connectivity index (χ0n) is 17.2. The largest absolute Gasteiger partial charge is 0.385 e. The van der Waals surface area contributed by atoms with E-state index in [0.29, 0.717) is 54.3 Å². The van der Waals surface area contributed by atoms with Gasteiger partial charge in [0.1, 0.15) is 17.5 Å². The summed E-state index contributed by atoms with van der Waals surface area (Å²) in [5.74, 6) is -0.0983. The Balaban J connectivity index is 1.73. The Kier molecular flexibility index (Phi) is 5.81. The fourth-order valence-electron chi connectivity index (χ4n) is 3.84. The minimum absolute atomic E-state index is 0.106. The first kappa shape index (κ1) is 21.5. The fraction of sp³-hybridized carbons (Fsp3) is 0.409. The first-order valence-corrected chi connectivity index (χ1v) is 10.1. The molecule has 31 heavy (non-hydrogen) atoms. The summed E-state index contributed by atoms with van der Waals surface area (Å²) in [7, 11) is 0. The highest BCUT2D eigenvalue weighted by atomic mass is 19.3. The molecule has 164 valence electrons. The Morgan fingerprint density at radius 2 is 1.87 bits per heavy atom. The summed E-state index contributed by atoms with van der Waals surface area (Å²) >= 11 is 0. The summed E-state index contributed by atoms with van der Waals surface area (Å²) in [6, 6.07) is 5.07. The third-order valence-corrected chi connectivity index (χ3v) is 5.63. The molecule has 0 amide bonds. The molecule has 4 rings (SSSR count). The molecular formula is C22H23F3N4O2. The fourth-order valence-corrected chi connectivity index (χ4v) is 3.84. The van der Waals surface area contributed by atoms with Crippen molar-refractivity contribution in [2.75, 3.05) is 18.5 Å². The van der Waals surface area contributed by atoms with Crippen molar-refractivity contribution in [3.05, 3.63) is 58.8 Å². The van der Waals surface area contributed by atoms with Crippen LogP contribution in [0.15, 0.2) is 30.5 Å². The van der Waals surface area contributed by atoms with Crippen molar-refractivity contribution in [2.45, 2.75) is 44.8 Å². The van der Waals surface area contributed by atoms with Gasteiger partial charge in [0.05, 0.1) is 22.6 Å². The van der Waals surface area contributed by atoms with E-state index in [1.807, 2.05) is 0 Å². The van der Waals surface area contributed by atoms with Gasteiger partial charge in [-0.1, -0.05) is 18.2 Å². The molecule has 1 aromatic carbocycles. The number of halogens is 3. The van der Waals surface area contributed by atoms with Crippen LogP contribution in [0.4, 0.5) is 19.0 Å². The van der Waals surface area contributed by atoms with Crippen LogP contribution in [-0.2, 0) is 10.3 Å². The Morgan fingerprint density at radius 1 is 1.16 bits per heavy atom. The van der Waals surface area contributed by atoms with Crippen LogP contribution in [0.3, 0.4) is 0 Å². The Morgan fingerprint density at radius 3 is 2.58 bits per heavy atom. The molecule has 0 radical (unpaired) electrons. The molecule has 1 fully saturated rings. The first-order valence-electron chi connectivity index (χ1n) is 10.1. The van der Waals surface area contributed by atoms with E-state index >= 15 is 0 Å². The number of fused-ring (bicyclic) bond motifs is 1. The highest BCUT2D eigenvalue weighted by Crippen LogP contribution is 2.35. The summed E-state index contributed by atoms with van der Waals surface area (Å²) in [5, 5.41) is 14.7. The lowest BCUT2D eigenvalue weighted by molar-refractivity contribution is -0.0680. The van der Waals surface area contributed by atoms with E-state index in [-0.39, 0.29) is 5.56 Å². The van der Waals surface area contributed by atoms with Crippen LogP contribution in [-0.4, -0.2) is 33.3 Å². The number of hydrogen-bond acceptors (Lipinski definition) is 6. The Hall–Kier alpha value is -2.78. The smallest absolute Gasteiger partial charge is 0.266 e. The molecule has 9 heteroatoms. The van der Waals surface area contributed by atoms with Crippen LogP contribution in [0, 0.1) is 12.7 Å². The third-order valence-electron chi connectivity index (χ3n) is 5.63. The molecule has 0 unspecified atom stereocenters. The zero-order valence-corrected chi connectivity index (χ0v) is 17.2. The maximum Gasteiger partial charge on any atom is 0.266 e. The minimum atomic E-state index is -2.90. The summed E-state index contributed by atoms with van der Waals surface area (Å²) in [4.78, 5) is 13.2. The number of nitrogens with one attached hydrogen (secondary N) is 1. The number of benzene rings is 1. The molecule has 3 aromatic rings. The molecule has 1 aliphatic heterocycles. The number of ether oxygens (including phenoxy) is 1. The number of aryl methyl sites for hydroxylation is 1. The summed E-state index contributed by atoms with van der Waals surface area (Å²) < 4.78 is 46.2. The highest BCUT2D eigenvalue weighted by Gasteiger charge is 2.32. The molecule has 1 atom stereocenters. The van der Waals surface area contributed by atoms with E-state index in [9.17, 15) is 18.3 Å². The van der Waals surface area contributed by atoms with Gasteiger partial charge in [-0.25, -0.2) is 28.1 Å². The SMILES string of the molecule is Cc1nc(N[C@H](C)c2cccc(C(F)F)c2F)c2cc(C3(O)CCOCC3)cnc2n1. The van der Waals surface area contributed by atoms with Gasteiger partial charge in [-0.3, -0.25) is 0 Å². The second kappa shape index (κ2) is 8.39. The van der Waals surface area contributed by atoms with Gasteiger partial charge in [-0.05, 0) is 19.9 Å². The van der Waals surface area contributed by atoms with E-state index in [0.717, 1.165) is 6.07 Å². The van der Waals surface area contributed by atoms with E-state index in [2.05, 4.69) is 20.3 Å². The number of alkyl halides is 2. The van der Waals surface area contributed by atoms with E-state index in [1.54, 1.807) is 26.1 Å². The van der Waals surface area contributed by atoms with Crippen molar-refractivity contribution in [2.24, 2.45) is 0 Å². The third kappa shape index (κ3) is 4.20. The highest BCUT2D eigenvalue weighted by molar-refractivity contribution is 5.87. The predicted octanol–water partition coefficient (Wildman–Crippen LogP) is 4.58. The number of hydrogen-bond donors (Lipinski definition) is 2. The van der Waals surface area contributed by atoms with E-state index < -0.39 is 29.4 Å². The maximum atomic E-state index is 14.6. The number of rotatable bonds is 5. The predicted molar refractivity (Wildman–Crippen MR) is 109 cm³/mol. The Bertz CT molecular complexity index is 1100. The molecule has 3 heterocycles. The second-order valence-electron chi connectivity index (χ2n) is 7.78. The molecule has 0 bridgehead atoms. The molecule has 1 aliphatic rings. The number of aromatic nitrogens is 3. The van der Waals surface area contributed by atoms with Crippen LogP contribution in [0.1, 0.15) is 54.7 Å². The number of anilines is 1. The van der Waals surface area contributed by atoms with Gasteiger partial charge in [0.15, 0.2) is 5.65 Å². The molecule has 6 nitrogen and oxygen atoms in total. The normalized spacial score (nSPS) is 17.1. The van der Waals surface area contributed by atoms with Crippen molar-refractivity contribution in [3.8, 4) is 0 Å². The average Bonchev–Trinajstić information content (AvgIpc) is 2.73. The molecule has 2 N–H and O–H groups in total. The van der Waals surface area contributed by atoms with E-state index in [1.165, 1.54) is 12.1 Å². The first-order chi connectivity index (χ1) is 14.8. The lowest BCUT2D eigenvalue weighted by atomic mass is 9.87. The van der Waals surface area contributed by atoms with Gasteiger partial charge in [-0.2, -0.15) is 0 Å². The zero-order chi connectivity index (χ0) is 22.2. The van der Waals surface area contributed by atoms with Gasteiger partial charge in [0.2, 0.25) is 0 Å². The quantitative estimate of drug-likeness (QED) is 0.614. The summed E-state index contributed by atoms with van der Waals surface area (Å²) in [6.07, 6.45) is -0.421. The molecule has 1 saturated heterocycles. The summed E-state index contributed by atoms with van der Waals surface area (Å²) in [5.41, 5.74) is -0.555. The topological polar surface area (TPSA) is 80.2 Å². The monoisotopic (exact) mass is 432 g/mol. The van der Waals surface area contributed by atoms with Gasteiger partial charge >= 0.3 is 0 Å². The molecule has 2 aromatic heterocycles. The van der Waals surface area contributed by atoms with Crippen LogP contribution in [0.2, 0.25) is 0 Å². The van der Waals surface area contributed by atoms with Crippen LogP contribution >= 0.6 is 0 Å². The second-order valence-corrected chi connectivity index (χ2v) is 7.78. The van der Waals surface area contributed by atoms with Crippen molar-refractivity contribution in [1.29, 1.82) is 0 Å². The molecular weight excluding hydrogens is 409 g/mol. The minimum Gasteiger partial charge on any atom is -0.385 e. The number of pyridine rings is 1. The Labute approximate surface area is 177 Å². The lowest BCUT2D eigenvalue weighted by Gasteiger charge is -2.32. The lowest BCUT2D eigenvalue weighted by Crippen LogP contribution is -2.33. The van der Waals surface area contributed by atoms with Gasteiger partial charge in [0, 0.05) is 43.4 Å². The van der Waals surface area contributed by atoms with E-state index in [4.69, 9.17) is 4.74 Å². The standard InChI is InChI=1S/C22H23F3N4O2/c1-12(15-4-3-5-16(18(15)23)19(24)25)27-21-17-10-14(22(30)6-8-31-9-7-22)11-26-20(17)28-13(2)29-21/h3-5,10-12,19,30H,6-9H2,1-2H3,(H,26,27,28,29)/t12-/m1/s1. The number of nitrogens with zero attached hydrogens (tertiary/aromatic N) is 3. The summed E-state index contributed by atoms with van der Waals surface area (Å²) in [6.45, 7) is 4.26. The average molecular weight is 432 g/mol. The van der Waals surface area contributed by atoms with Gasteiger partial charge in [-0.15, -0.1) is 0 Å². The van der Waals surface area contributed by atoms with Crippen LogP contribution in [0.5, 0.6) is 0 Å². The van der Waals surface area contributed by atoms with Crippen molar-refractivity contribution < 1.29 is 23.0 Å². The van der Waals surface area contributed by atoms with Crippen LogP contribution < -0.4 is 5.32 Å². The van der Waals surface area contributed by atoms with Crippen molar-refractivity contribution in [1.82, 2.24) is 15.0 Å². The molecule has 0 saturated carbocycles. The van der Waals surface area contributed by atoms with Crippen molar-refractivity contribution in [3.63, 3.8) is 0 Å². The molecule has 0 aliphatic carbocycles. The van der Waals surface area contributed by atoms with Crippen LogP contribution in [0.25, 0.3) is 11.0 Å². The van der Waals surface area contributed by atoms with Gasteiger partial charge in [0.25, 0.3) is 6.43 Å². The van der Waals surface area contributed by atoms with Gasteiger partial charge < -0.3 is 15.2 Å². The number of aliphatic hydroxyl groups is 1. The maximum absolute atomic E-state index is 14.6. The molecule has 0 spiro atoms.